The predicted molar refractivity (Wildman–Crippen MR) is 113 cm³/mol. The summed E-state index contributed by atoms with van der Waals surface area (Å²) in [5.74, 6) is 7.08. The summed E-state index contributed by atoms with van der Waals surface area (Å²) in [6, 6.07) is 3.35. The molecule has 0 radical (unpaired) electrons. The highest BCUT2D eigenvalue weighted by Crippen LogP contribution is 2.28. The third-order valence-corrected chi connectivity index (χ3v) is 5.04. The van der Waals surface area contributed by atoms with Crippen molar-refractivity contribution in [2.75, 3.05) is 33.0 Å². The molecule has 4 heterocycles. The number of likely N-dealkylation sites (tertiary alicyclic amines) is 1. The van der Waals surface area contributed by atoms with Crippen molar-refractivity contribution in [3.63, 3.8) is 0 Å². The number of methoxy groups -OCH3 is 2. The van der Waals surface area contributed by atoms with Gasteiger partial charge in [-0.25, -0.2) is 14.6 Å². The minimum atomic E-state index is -0.103. The Kier molecular flexibility index (Phi) is 5.41. The molecule has 0 aromatic carbocycles. The van der Waals surface area contributed by atoms with Crippen LogP contribution in [0.3, 0.4) is 0 Å². The van der Waals surface area contributed by atoms with Gasteiger partial charge in [-0.05, 0) is 18.4 Å². The van der Waals surface area contributed by atoms with E-state index in [1.807, 2.05) is 0 Å². The zero-order chi connectivity index (χ0) is 22.0. The fourth-order valence-electron chi connectivity index (χ4n) is 3.50. The van der Waals surface area contributed by atoms with Crippen LogP contribution in [0.2, 0.25) is 0 Å². The van der Waals surface area contributed by atoms with E-state index in [2.05, 4.69) is 38.5 Å². The van der Waals surface area contributed by atoms with Gasteiger partial charge in [-0.3, -0.25) is 4.79 Å². The Balaban J connectivity index is 1.75. The lowest BCUT2D eigenvalue weighted by molar-refractivity contribution is -0.125. The lowest BCUT2D eigenvalue weighted by atomic mass is 10.2. The fraction of sp³-hybridized carbons (Fsp3) is 0.286. The maximum Gasteiger partial charge on any atom is 0.246 e. The van der Waals surface area contributed by atoms with Gasteiger partial charge in [0.15, 0.2) is 5.65 Å². The number of aromatic nitrogens is 5. The number of nitrogens with two attached hydrogens (primary N) is 1. The fourth-order valence-corrected chi connectivity index (χ4v) is 3.50. The van der Waals surface area contributed by atoms with E-state index < -0.39 is 0 Å². The van der Waals surface area contributed by atoms with E-state index in [4.69, 9.17) is 15.2 Å². The van der Waals surface area contributed by atoms with E-state index in [1.54, 1.807) is 21.7 Å². The van der Waals surface area contributed by atoms with Gasteiger partial charge in [0.1, 0.15) is 17.8 Å². The zero-order valence-electron chi connectivity index (χ0n) is 17.2. The number of rotatable bonds is 4. The standard InChI is InChI=1S/C21H21N7O3/c1-4-18(29)27-8-7-14(11-27)28-21-19(20(22)23-12-24-21)15(26-28)6-5-13-9-16(30-2)25-17(10-13)31-3/h4,9-10,12,14H,1,7-8,11H2,2-3H3,(H2,22,23,24)/t14-/m0/s1. The summed E-state index contributed by atoms with van der Waals surface area (Å²) >= 11 is 0. The van der Waals surface area contributed by atoms with Crippen LogP contribution >= 0.6 is 0 Å². The number of amides is 1. The molecule has 3 aromatic rings. The van der Waals surface area contributed by atoms with Gasteiger partial charge in [0.25, 0.3) is 0 Å². The lowest BCUT2D eigenvalue weighted by Crippen LogP contribution is -2.27. The minimum Gasteiger partial charge on any atom is -0.481 e. The van der Waals surface area contributed by atoms with E-state index in [9.17, 15) is 4.79 Å². The summed E-state index contributed by atoms with van der Waals surface area (Å²) in [6.07, 6.45) is 3.46. The topological polar surface area (TPSA) is 121 Å². The van der Waals surface area contributed by atoms with Crippen molar-refractivity contribution in [3.05, 3.63) is 42.4 Å². The summed E-state index contributed by atoms with van der Waals surface area (Å²) in [6.45, 7) is 4.69. The molecule has 10 nitrogen and oxygen atoms in total. The number of hydrogen-bond donors (Lipinski definition) is 1. The number of nitrogen functional groups attached to an aromatic ring is 1. The molecule has 0 bridgehead atoms. The molecule has 1 aliphatic heterocycles. The van der Waals surface area contributed by atoms with Crippen molar-refractivity contribution in [2.24, 2.45) is 0 Å². The Labute approximate surface area is 178 Å². The quantitative estimate of drug-likeness (QED) is 0.494. The first-order valence-corrected chi connectivity index (χ1v) is 9.56. The highest BCUT2D eigenvalue weighted by molar-refractivity contribution is 5.91. The second-order valence-corrected chi connectivity index (χ2v) is 6.87. The Morgan fingerprint density at radius 2 is 2.00 bits per heavy atom. The van der Waals surface area contributed by atoms with Crippen molar-refractivity contribution in [3.8, 4) is 23.6 Å². The molecular formula is C21H21N7O3. The normalized spacial score (nSPS) is 15.4. The van der Waals surface area contributed by atoms with Gasteiger partial charge < -0.3 is 20.1 Å². The molecule has 0 spiro atoms. The van der Waals surface area contributed by atoms with Crippen molar-refractivity contribution in [1.82, 2.24) is 29.6 Å². The Morgan fingerprint density at radius 3 is 2.68 bits per heavy atom. The largest absolute Gasteiger partial charge is 0.481 e. The van der Waals surface area contributed by atoms with Crippen molar-refractivity contribution in [2.45, 2.75) is 12.5 Å². The van der Waals surface area contributed by atoms with Crippen molar-refractivity contribution < 1.29 is 14.3 Å². The van der Waals surface area contributed by atoms with E-state index in [-0.39, 0.29) is 11.9 Å². The smallest absolute Gasteiger partial charge is 0.246 e. The van der Waals surface area contributed by atoms with Crippen LogP contribution in [0, 0.1) is 11.8 Å². The van der Waals surface area contributed by atoms with Crippen LogP contribution in [0.15, 0.2) is 31.1 Å². The highest BCUT2D eigenvalue weighted by atomic mass is 16.5. The molecule has 1 atom stereocenters. The van der Waals surface area contributed by atoms with Crippen LogP contribution in [-0.4, -0.2) is 62.8 Å². The second-order valence-electron chi connectivity index (χ2n) is 6.87. The molecule has 0 saturated carbocycles. The maximum atomic E-state index is 12.0. The summed E-state index contributed by atoms with van der Waals surface area (Å²) < 4.78 is 12.2. The van der Waals surface area contributed by atoms with Gasteiger partial charge in [0.2, 0.25) is 17.7 Å². The maximum absolute atomic E-state index is 12.0. The highest BCUT2D eigenvalue weighted by Gasteiger charge is 2.29. The van der Waals surface area contributed by atoms with E-state index in [1.165, 1.54) is 26.6 Å². The zero-order valence-corrected chi connectivity index (χ0v) is 17.2. The molecule has 2 N–H and O–H groups in total. The lowest BCUT2D eigenvalue weighted by Gasteiger charge is -2.14. The van der Waals surface area contributed by atoms with Crippen LogP contribution in [0.25, 0.3) is 11.0 Å². The number of carbonyl (C=O) groups is 1. The first-order chi connectivity index (χ1) is 15.0. The SMILES string of the molecule is C=CC(=O)N1CC[C@H](n2nc(C#Cc3cc(OC)nc(OC)c3)c3c(N)ncnc32)C1. The molecule has 0 aliphatic carbocycles. The predicted octanol–water partition coefficient (Wildman–Crippen LogP) is 1.18. The van der Waals surface area contributed by atoms with Crippen molar-refractivity contribution in [1.29, 1.82) is 0 Å². The summed E-state index contributed by atoms with van der Waals surface area (Å²) in [4.78, 5) is 26.3. The van der Waals surface area contributed by atoms with Crippen LogP contribution in [-0.2, 0) is 4.79 Å². The molecule has 1 saturated heterocycles. The molecule has 1 fully saturated rings. The number of carbonyl (C=O) groups excluding carboxylic acids is 1. The number of ether oxygens (including phenoxy) is 2. The summed E-state index contributed by atoms with van der Waals surface area (Å²) in [5, 5.41) is 5.25. The Hall–Kier alpha value is -4.13. The van der Waals surface area contributed by atoms with Crippen LogP contribution < -0.4 is 15.2 Å². The second kappa shape index (κ2) is 8.31. The number of hydrogen-bond acceptors (Lipinski definition) is 8. The van der Waals surface area contributed by atoms with E-state index in [0.29, 0.717) is 53.0 Å². The molecule has 1 amide bonds. The van der Waals surface area contributed by atoms with Gasteiger partial charge in [-0.1, -0.05) is 12.5 Å². The average Bonchev–Trinajstić information content (AvgIpc) is 3.42. The molecule has 31 heavy (non-hydrogen) atoms. The molecular weight excluding hydrogens is 398 g/mol. The summed E-state index contributed by atoms with van der Waals surface area (Å²) in [7, 11) is 3.04. The molecule has 158 valence electrons. The van der Waals surface area contributed by atoms with Gasteiger partial charge in [-0.15, -0.1) is 0 Å². The van der Waals surface area contributed by atoms with Gasteiger partial charge in [0.05, 0.1) is 25.6 Å². The molecule has 10 heteroatoms. The Bertz CT molecular complexity index is 1200. The Morgan fingerprint density at radius 1 is 1.26 bits per heavy atom. The molecule has 1 aliphatic rings. The monoisotopic (exact) mass is 419 g/mol. The number of pyridine rings is 1. The molecule has 3 aromatic heterocycles. The number of fused-ring (bicyclic) bond motifs is 1. The number of anilines is 1. The summed E-state index contributed by atoms with van der Waals surface area (Å²) in [5.41, 5.74) is 7.81. The van der Waals surface area contributed by atoms with Crippen LogP contribution in [0.5, 0.6) is 11.8 Å². The van der Waals surface area contributed by atoms with Gasteiger partial charge in [0, 0.05) is 30.8 Å². The molecule has 0 unspecified atom stereocenters. The van der Waals surface area contributed by atoms with Gasteiger partial charge >= 0.3 is 0 Å². The first-order valence-electron chi connectivity index (χ1n) is 9.56. The third kappa shape index (κ3) is 3.85. The minimum absolute atomic E-state index is 0.0441. The number of nitrogens with zero attached hydrogens (tertiary/aromatic N) is 6. The first kappa shape index (κ1) is 20.2. The van der Waals surface area contributed by atoms with E-state index >= 15 is 0 Å². The molecule has 4 rings (SSSR count). The third-order valence-electron chi connectivity index (χ3n) is 5.04. The average molecular weight is 419 g/mol. The van der Waals surface area contributed by atoms with E-state index in [0.717, 1.165) is 6.42 Å². The van der Waals surface area contributed by atoms with Crippen LogP contribution in [0.1, 0.15) is 23.7 Å². The van der Waals surface area contributed by atoms with Crippen LogP contribution in [0.4, 0.5) is 5.82 Å². The van der Waals surface area contributed by atoms with Gasteiger partial charge in [-0.2, -0.15) is 10.1 Å². The van der Waals surface area contributed by atoms with Crippen molar-refractivity contribution >= 4 is 22.8 Å².